The van der Waals surface area contributed by atoms with Gasteiger partial charge in [0.05, 0.1) is 9.35 Å². The van der Waals surface area contributed by atoms with Crippen LogP contribution in [0.2, 0.25) is 5.02 Å². The highest BCUT2D eigenvalue weighted by Crippen LogP contribution is 2.24. The number of hydrogen-bond acceptors (Lipinski definition) is 2. The Morgan fingerprint density at radius 3 is 2.76 bits per heavy atom. The minimum Gasteiger partial charge on any atom is -0.294 e. The zero-order chi connectivity index (χ0) is 12.4. The van der Waals surface area contributed by atoms with Crippen LogP contribution in [0.1, 0.15) is 15.2 Å². The van der Waals surface area contributed by atoms with Gasteiger partial charge in [0, 0.05) is 16.3 Å². The second-order valence-corrected chi connectivity index (χ2v) is 6.41. The molecule has 0 atom stereocenters. The molecular formula is C12H7BrClFOS. The van der Waals surface area contributed by atoms with Crippen molar-refractivity contribution in [2.45, 2.75) is 6.42 Å². The van der Waals surface area contributed by atoms with Gasteiger partial charge in [0.15, 0.2) is 5.78 Å². The Kier molecular flexibility index (Phi) is 3.97. The highest BCUT2D eigenvalue weighted by molar-refractivity contribution is 9.11. The third kappa shape index (κ3) is 3.15. The highest BCUT2D eigenvalue weighted by Gasteiger charge is 2.13. The van der Waals surface area contributed by atoms with Crippen LogP contribution in [0, 0.1) is 5.82 Å². The molecule has 1 heterocycles. The quantitative estimate of drug-likeness (QED) is 0.742. The average molecular weight is 334 g/mol. The summed E-state index contributed by atoms with van der Waals surface area (Å²) in [6, 6.07) is 7.70. The Balaban J connectivity index is 2.22. The van der Waals surface area contributed by atoms with Gasteiger partial charge in [-0.15, -0.1) is 11.3 Å². The first-order chi connectivity index (χ1) is 8.06. The molecule has 1 nitrogen and oxygen atoms in total. The monoisotopic (exact) mass is 332 g/mol. The summed E-state index contributed by atoms with van der Waals surface area (Å²) in [5.41, 5.74) is 0.0435. The third-order valence-electron chi connectivity index (χ3n) is 2.19. The molecule has 2 aromatic rings. The molecular weight excluding hydrogens is 327 g/mol. The lowest BCUT2D eigenvalue weighted by molar-refractivity contribution is 0.0990. The Labute approximate surface area is 115 Å². The summed E-state index contributed by atoms with van der Waals surface area (Å²) in [6.07, 6.45) is 0.188. The number of Topliss-reactive ketones (excluding diaryl/α,β-unsaturated/α-hetero) is 1. The molecule has 0 amide bonds. The van der Waals surface area contributed by atoms with Gasteiger partial charge in [0.25, 0.3) is 0 Å². The van der Waals surface area contributed by atoms with Gasteiger partial charge < -0.3 is 0 Å². The van der Waals surface area contributed by atoms with E-state index in [0.29, 0.717) is 5.02 Å². The fourth-order valence-electron chi connectivity index (χ4n) is 1.41. The molecule has 0 saturated carbocycles. The minimum absolute atomic E-state index is 0.0435. The van der Waals surface area contributed by atoms with Crippen molar-refractivity contribution in [2.24, 2.45) is 0 Å². The molecule has 0 N–H and O–H groups in total. The van der Waals surface area contributed by atoms with Crippen molar-refractivity contribution in [3.05, 3.63) is 55.4 Å². The standard InChI is InChI=1S/C12H7BrClFOS/c13-12-4-2-8(17-12)6-11(16)9-5-7(14)1-3-10(9)15/h1-5H,6H2. The first kappa shape index (κ1) is 12.7. The van der Waals surface area contributed by atoms with Crippen molar-refractivity contribution < 1.29 is 9.18 Å². The minimum atomic E-state index is -0.532. The maximum absolute atomic E-state index is 13.4. The van der Waals surface area contributed by atoms with Crippen molar-refractivity contribution in [1.29, 1.82) is 0 Å². The lowest BCUT2D eigenvalue weighted by Crippen LogP contribution is -2.05. The maximum atomic E-state index is 13.4. The Hall–Kier alpha value is -0.710. The molecule has 0 fully saturated rings. The van der Waals surface area contributed by atoms with Gasteiger partial charge in [0.1, 0.15) is 5.82 Å². The van der Waals surface area contributed by atoms with E-state index >= 15 is 0 Å². The molecule has 2 rings (SSSR count). The number of benzene rings is 1. The van der Waals surface area contributed by atoms with Crippen LogP contribution in [0.15, 0.2) is 34.1 Å². The molecule has 17 heavy (non-hydrogen) atoms. The normalized spacial score (nSPS) is 10.5. The smallest absolute Gasteiger partial charge is 0.171 e. The molecule has 0 radical (unpaired) electrons. The van der Waals surface area contributed by atoms with Crippen LogP contribution in [0.4, 0.5) is 4.39 Å². The van der Waals surface area contributed by atoms with Gasteiger partial charge in [-0.05, 0) is 46.3 Å². The first-order valence-corrected chi connectivity index (χ1v) is 6.77. The van der Waals surface area contributed by atoms with Crippen LogP contribution in [0.25, 0.3) is 0 Å². The maximum Gasteiger partial charge on any atom is 0.171 e. The van der Waals surface area contributed by atoms with E-state index < -0.39 is 5.82 Å². The van der Waals surface area contributed by atoms with Crippen molar-refractivity contribution in [1.82, 2.24) is 0 Å². The van der Waals surface area contributed by atoms with Crippen LogP contribution >= 0.6 is 38.9 Å². The number of rotatable bonds is 3. The SMILES string of the molecule is O=C(Cc1ccc(Br)s1)c1cc(Cl)ccc1F. The second-order valence-electron chi connectivity index (χ2n) is 3.43. The molecule has 0 aliphatic rings. The summed E-state index contributed by atoms with van der Waals surface area (Å²) in [7, 11) is 0. The molecule has 0 aliphatic heterocycles. The predicted octanol–water partition coefficient (Wildman–Crippen LogP) is 4.73. The van der Waals surface area contributed by atoms with Crippen LogP contribution < -0.4 is 0 Å². The van der Waals surface area contributed by atoms with E-state index in [-0.39, 0.29) is 17.8 Å². The van der Waals surface area contributed by atoms with E-state index in [9.17, 15) is 9.18 Å². The molecule has 88 valence electrons. The summed E-state index contributed by atoms with van der Waals surface area (Å²) >= 11 is 10.5. The van der Waals surface area contributed by atoms with E-state index in [4.69, 9.17) is 11.6 Å². The van der Waals surface area contributed by atoms with Crippen LogP contribution in [-0.4, -0.2) is 5.78 Å². The van der Waals surface area contributed by atoms with Crippen LogP contribution in [-0.2, 0) is 6.42 Å². The van der Waals surface area contributed by atoms with Crippen molar-refractivity contribution >= 4 is 44.7 Å². The van der Waals surface area contributed by atoms with Crippen molar-refractivity contribution in [3.8, 4) is 0 Å². The first-order valence-electron chi connectivity index (χ1n) is 4.79. The fraction of sp³-hybridized carbons (Fsp3) is 0.0833. The Bertz CT molecular complexity index is 567. The summed E-state index contributed by atoms with van der Waals surface area (Å²) in [5, 5.41) is 0.363. The zero-order valence-electron chi connectivity index (χ0n) is 8.54. The summed E-state index contributed by atoms with van der Waals surface area (Å²) in [5.74, 6) is -0.797. The molecule has 0 saturated heterocycles. The van der Waals surface area contributed by atoms with E-state index in [1.807, 2.05) is 12.1 Å². The van der Waals surface area contributed by atoms with Gasteiger partial charge in [0.2, 0.25) is 0 Å². The second kappa shape index (κ2) is 5.29. The Morgan fingerprint density at radius 1 is 1.35 bits per heavy atom. The summed E-state index contributed by atoms with van der Waals surface area (Å²) in [4.78, 5) is 12.8. The summed E-state index contributed by atoms with van der Waals surface area (Å²) < 4.78 is 14.4. The van der Waals surface area contributed by atoms with Gasteiger partial charge in [-0.3, -0.25) is 4.79 Å². The number of halogens is 3. The molecule has 0 bridgehead atoms. The van der Waals surface area contributed by atoms with E-state index in [2.05, 4.69) is 15.9 Å². The zero-order valence-corrected chi connectivity index (χ0v) is 11.7. The fourth-order valence-corrected chi connectivity index (χ4v) is 3.07. The van der Waals surface area contributed by atoms with Crippen LogP contribution in [0.3, 0.4) is 0 Å². The van der Waals surface area contributed by atoms with Crippen LogP contribution in [0.5, 0.6) is 0 Å². The molecule has 1 aromatic carbocycles. The third-order valence-corrected chi connectivity index (χ3v) is 4.05. The molecule has 0 aliphatic carbocycles. The van der Waals surface area contributed by atoms with Gasteiger partial charge in [-0.1, -0.05) is 11.6 Å². The topological polar surface area (TPSA) is 17.1 Å². The largest absolute Gasteiger partial charge is 0.294 e. The van der Waals surface area contributed by atoms with E-state index in [1.165, 1.54) is 29.5 Å². The number of hydrogen-bond donors (Lipinski definition) is 0. The predicted molar refractivity (Wildman–Crippen MR) is 71.5 cm³/mol. The number of carbonyl (C=O) groups is 1. The van der Waals surface area contributed by atoms with E-state index in [0.717, 1.165) is 8.66 Å². The lowest BCUT2D eigenvalue weighted by atomic mass is 10.1. The van der Waals surface area contributed by atoms with E-state index in [1.54, 1.807) is 0 Å². The highest BCUT2D eigenvalue weighted by atomic mass is 79.9. The molecule has 0 spiro atoms. The average Bonchev–Trinajstić information content (AvgIpc) is 2.67. The number of thiophene rings is 1. The Morgan fingerprint density at radius 2 is 2.12 bits per heavy atom. The molecule has 1 aromatic heterocycles. The lowest BCUT2D eigenvalue weighted by Gasteiger charge is -2.01. The summed E-state index contributed by atoms with van der Waals surface area (Å²) in [6.45, 7) is 0. The van der Waals surface area contributed by atoms with Gasteiger partial charge in [-0.2, -0.15) is 0 Å². The van der Waals surface area contributed by atoms with Gasteiger partial charge >= 0.3 is 0 Å². The van der Waals surface area contributed by atoms with Crippen molar-refractivity contribution in [2.75, 3.05) is 0 Å². The molecule has 0 unspecified atom stereocenters. The van der Waals surface area contributed by atoms with Crippen molar-refractivity contribution in [3.63, 3.8) is 0 Å². The number of carbonyl (C=O) groups excluding carboxylic acids is 1. The number of ketones is 1. The molecule has 5 heteroatoms. The van der Waals surface area contributed by atoms with Gasteiger partial charge in [-0.25, -0.2) is 4.39 Å².